The molecule has 3 nitrogen and oxygen atoms in total. The molecular formula is C13H20N2OS. The Balaban J connectivity index is 1.73. The van der Waals surface area contributed by atoms with Crippen LogP contribution in [0.4, 0.5) is 0 Å². The van der Waals surface area contributed by atoms with Crippen molar-refractivity contribution in [3.8, 4) is 0 Å². The van der Waals surface area contributed by atoms with Gasteiger partial charge in [0.05, 0.1) is 6.54 Å². The molecule has 1 aromatic heterocycles. The predicted octanol–water partition coefficient (Wildman–Crippen LogP) is 2.24. The van der Waals surface area contributed by atoms with Gasteiger partial charge in [-0.3, -0.25) is 4.79 Å². The molecule has 0 spiro atoms. The molecule has 0 bridgehead atoms. The molecule has 94 valence electrons. The van der Waals surface area contributed by atoms with Gasteiger partial charge >= 0.3 is 0 Å². The first-order chi connectivity index (χ1) is 8.29. The summed E-state index contributed by atoms with van der Waals surface area (Å²) in [5.41, 5.74) is 0. The van der Waals surface area contributed by atoms with Crippen molar-refractivity contribution < 1.29 is 4.79 Å². The monoisotopic (exact) mass is 252 g/mol. The van der Waals surface area contributed by atoms with Crippen molar-refractivity contribution in [1.82, 2.24) is 10.2 Å². The summed E-state index contributed by atoms with van der Waals surface area (Å²) in [6, 6.07) is 4.81. The van der Waals surface area contributed by atoms with Crippen molar-refractivity contribution in [2.75, 3.05) is 13.1 Å². The van der Waals surface area contributed by atoms with Crippen molar-refractivity contribution >= 4 is 17.2 Å². The van der Waals surface area contributed by atoms with Crippen LogP contribution < -0.4 is 5.32 Å². The first-order valence-corrected chi connectivity index (χ1v) is 7.21. The van der Waals surface area contributed by atoms with Crippen molar-refractivity contribution in [2.45, 2.75) is 38.8 Å². The number of hydrogen-bond acceptors (Lipinski definition) is 3. The van der Waals surface area contributed by atoms with Crippen molar-refractivity contribution in [3.63, 3.8) is 0 Å². The first kappa shape index (κ1) is 12.6. The Bertz CT molecular complexity index is 346. The summed E-state index contributed by atoms with van der Waals surface area (Å²) in [6.07, 6.45) is 3.18. The van der Waals surface area contributed by atoms with E-state index in [4.69, 9.17) is 0 Å². The molecule has 0 radical (unpaired) electrons. The van der Waals surface area contributed by atoms with E-state index in [-0.39, 0.29) is 5.91 Å². The summed E-state index contributed by atoms with van der Waals surface area (Å²) in [7, 11) is 0. The van der Waals surface area contributed by atoms with Gasteiger partial charge in [0.2, 0.25) is 5.91 Å². The summed E-state index contributed by atoms with van der Waals surface area (Å²) in [5, 5.41) is 5.44. The molecule has 1 heterocycles. The highest BCUT2D eigenvalue weighted by molar-refractivity contribution is 7.09. The molecule has 1 aliphatic rings. The van der Waals surface area contributed by atoms with Crippen LogP contribution in [0.5, 0.6) is 0 Å². The zero-order chi connectivity index (χ0) is 12.1. The second-order valence-electron chi connectivity index (χ2n) is 4.47. The molecule has 1 saturated carbocycles. The number of carbonyl (C=O) groups is 1. The summed E-state index contributed by atoms with van der Waals surface area (Å²) in [6.45, 7) is 4.42. The smallest absolute Gasteiger partial charge is 0.224 e. The lowest BCUT2D eigenvalue weighted by molar-refractivity contribution is -0.131. The molecule has 2 rings (SSSR count). The summed E-state index contributed by atoms with van der Waals surface area (Å²) < 4.78 is 0. The number of amides is 1. The van der Waals surface area contributed by atoms with Crippen LogP contribution in [0.1, 0.15) is 31.1 Å². The highest BCUT2D eigenvalue weighted by atomic mass is 32.1. The molecule has 0 unspecified atom stereocenters. The Kier molecular flexibility index (Phi) is 4.57. The normalized spacial score (nSPS) is 14.9. The van der Waals surface area contributed by atoms with Gasteiger partial charge in [-0.1, -0.05) is 6.07 Å². The van der Waals surface area contributed by atoms with E-state index < -0.39 is 0 Å². The van der Waals surface area contributed by atoms with Crippen molar-refractivity contribution in [2.24, 2.45) is 0 Å². The number of hydrogen-bond donors (Lipinski definition) is 1. The average Bonchev–Trinajstić information content (AvgIpc) is 3.01. The van der Waals surface area contributed by atoms with E-state index in [1.165, 1.54) is 17.7 Å². The topological polar surface area (TPSA) is 32.3 Å². The number of nitrogens with zero attached hydrogens (tertiary/aromatic N) is 1. The van der Waals surface area contributed by atoms with Crippen LogP contribution in [0.3, 0.4) is 0 Å². The van der Waals surface area contributed by atoms with Crippen molar-refractivity contribution in [1.29, 1.82) is 0 Å². The number of rotatable bonds is 7. The number of thiophene rings is 1. The maximum atomic E-state index is 12.0. The van der Waals surface area contributed by atoms with E-state index in [9.17, 15) is 4.79 Å². The lowest BCUT2D eigenvalue weighted by Crippen LogP contribution is -2.32. The summed E-state index contributed by atoms with van der Waals surface area (Å²) in [5.74, 6) is 0.258. The molecule has 1 aromatic rings. The molecule has 17 heavy (non-hydrogen) atoms. The van der Waals surface area contributed by atoms with Crippen LogP contribution in [-0.4, -0.2) is 29.9 Å². The minimum absolute atomic E-state index is 0.258. The lowest BCUT2D eigenvalue weighted by Gasteiger charge is -2.20. The van der Waals surface area contributed by atoms with Gasteiger partial charge in [-0.25, -0.2) is 0 Å². The third-order valence-electron chi connectivity index (χ3n) is 3.01. The Morgan fingerprint density at radius 3 is 3.00 bits per heavy atom. The standard InChI is InChI=1S/C13H20N2OS/c1-2-15(10-12-4-3-9-17-12)13(16)7-8-14-11-5-6-11/h3-4,9,11,14H,2,5-8,10H2,1H3. The highest BCUT2D eigenvalue weighted by Gasteiger charge is 2.20. The van der Waals surface area contributed by atoms with Crippen LogP contribution in [0.25, 0.3) is 0 Å². The number of carbonyl (C=O) groups excluding carboxylic acids is 1. The maximum Gasteiger partial charge on any atom is 0.224 e. The van der Waals surface area contributed by atoms with Gasteiger partial charge in [0.25, 0.3) is 0 Å². The van der Waals surface area contributed by atoms with Gasteiger partial charge in [0.1, 0.15) is 0 Å². The zero-order valence-electron chi connectivity index (χ0n) is 10.3. The molecule has 1 fully saturated rings. The third kappa shape index (κ3) is 4.13. The van der Waals surface area contributed by atoms with E-state index in [1.807, 2.05) is 17.9 Å². The van der Waals surface area contributed by atoms with Crippen LogP contribution in [0.2, 0.25) is 0 Å². The maximum absolute atomic E-state index is 12.0. The minimum Gasteiger partial charge on any atom is -0.338 e. The molecule has 1 N–H and O–H groups in total. The molecule has 4 heteroatoms. The molecule has 0 saturated heterocycles. The quantitative estimate of drug-likeness (QED) is 0.807. The molecule has 0 aromatic carbocycles. The fourth-order valence-electron chi connectivity index (χ4n) is 1.80. The van der Waals surface area contributed by atoms with Gasteiger partial charge in [0, 0.05) is 30.4 Å². The Hall–Kier alpha value is -0.870. The van der Waals surface area contributed by atoms with Gasteiger partial charge < -0.3 is 10.2 Å². The van der Waals surface area contributed by atoms with Gasteiger partial charge in [-0.05, 0) is 31.2 Å². The highest BCUT2D eigenvalue weighted by Crippen LogP contribution is 2.18. The summed E-state index contributed by atoms with van der Waals surface area (Å²) in [4.78, 5) is 15.2. The van der Waals surface area contributed by atoms with Crippen LogP contribution in [0.15, 0.2) is 17.5 Å². The van der Waals surface area contributed by atoms with Crippen LogP contribution in [-0.2, 0) is 11.3 Å². The van der Waals surface area contributed by atoms with Crippen LogP contribution in [0, 0.1) is 0 Å². The van der Waals surface area contributed by atoms with Crippen LogP contribution >= 0.6 is 11.3 Å². The molecule has 1 aliphatic carbocycles. The third-order valence-corrected chi connectivity index (χ3v) is 3.87. The Morgan fingerprint density at radius 1 is 1.59 bits per heavy atom. The predicted molar refractivity (Wildman–Crippen MR) is 71.1 cm³/mol. The van der Waals surface area contributed by atoms with E-state index in [0.29, 0.717) is 12.5 Å². The van der Waals surface area contributed by atoms with E-state index in [0.717, 1.165) is 19.6 Å². The lowest BCUT2D eigenvalue weighted by atomic mass is 10.3. The molecule has 0 aliphatic heterocycles. The van der Waals surface area contributed by atoms with E-state index in [2.05, 4.69) is 16.8 Å². The van der Waals surface area contributed by atoms with Gasteiger partial charge in [-0.15, -0.1) is 11.3 Å². The Labute approximate surface area is 107 Å². The largest absolute Gasteiger partial charge is 0.338 e. The van der Waals surface area contributed by atoms with Crippen molar-refractivity contribution in [3.05, 3.63) is 22.4 Å². The zero-order valence-corrected chi connectivity index (χ0v) is 11.1. The van der Waals surface area contributed by atoms with Gasteiger partial charge in [0.15, 0.2) is 0 Å². The summed E-state index contributed by atoms with van der Waals surface area (Å²) >= 11 is 1.71. The first-order valence-electron chi connectivity index (χ1n) is 6.33. The number of nitrogens with one attached hydrogen (secondary N) is 1. The van der Waals surface area contributed by atoms with E-state index in [1.54, 1.807) is 11.3 Å². The second-order valence-corrected chi connectivity index (χ2v) is 5.50. The molecule has 0 atom stereocenters. The fraction of sp³-hybridized carbons (Fsp3) is 0.615. The second kappa shape index (κ2) is 6.17. The average molecular weight is 252 g/mol. The fourth-order valence-corrected chi connectivity index (χ4v) is 2.52. The van der Waals surface area contributed by atoms with Gasteiger partial charge in [-0.2, -0.15) is 0 Å². The minimum atomic E-state index is 0.258. The van der Waals surface area contributed by atoms with E-state index >= 15 is 0 Å². The molecule has 1 amide bonds. The Morgan fingerprint density at radius 2 is 2.41 bits per heavy atom. The molecular weight excluding hydrogens is 232 g/mol. The SMILES string of the molecule is CCN(Cc1cccs1)C(=O)CCNC1CC1.